The van der Waals surface area contributed by atoms with Gasteiger partial charge >= 0.3 is 0 Å². The quantitative estimate of drug-likeness (QED) is 0.645. The molecule has 0 aliphatic carbocycles. The van der Waals surface area contributed by atoms with Crippen LogP contribution in [-0.4, -0.2) is 18.7 Å². The fourth-order valence-electron chi connectivity index (χ4n) is 1.58. The minimum absolute atomic E-state index is 0.0724. The summed E-state index contributed by atoms with van der Waals surface area (Å²) in [4.78, 5) is 15.5. The number of nitrogens with one attached hydrogen (secondary N) is 1. The molecule has 1 N–H and O–H groups in total. The van der Waals surface area contributed by atoms with Crippen molar-refractivity contribution < 1.29 is 4.79 Å². The maximum absolute atomic E-state index is 11.6. The standard InChI is InChI=1S/C15H16N2OS/c18-14(17-12-13-6-2-1-3-7-13)8-4-10-16-15-9-5-11-19-15/h1-3,5-7,9,11-12,16H,4,8,10H2. The first-order valence-electron chi connectivity index (χ1n) is 6.24. The van der Waals surface area contributed by atoms with Crippen LogP contribution in [0, 0.1) is 0 Å². The molecule has 4 heteroatoms. The maximum Gasteiger partial charge on any atom is 0.245 e. The molecule has 0 spiro atoms. The molecule has 0 atom stereocenters. The second-order valence-electron chi connectivity index (χ2n) is 4.07. The van der Waals surface area contributed by atoms with Gasteiger partial charge in [-0.05, 0) is 29.5 Å². The molecule has 98 valence electrons. The van der Waals surface area contributed by atoms with Crippen molar-refractivity contribution in [3.8, 4) is 0 Å². The third-order valence-electron chi connectivity index (χ3n) is 2.55. The zero-order valence-electron chi connectivity index (χ0n) is 10.6. The first-order chi connectivity index (χ1) is 9.34. The Morgan fingerprint density at radius 3 is 2.79 bits per heavy atom. The normalized spacial score (nSPS) is 10.7. The Morgan fingerprint density at radius 2 is 2.05 bits per heavy atom. The van der Waals surface area contributed by atoms with E-state index in [1.54, 1.807) is 17.6 Å². The minimum atomic E-state index is -0.0724. The van der Waals surface area contributed by atoms with Crippen molar-refractivity contribution in [1.29, 1.82) is 0 Å². The van der Waals surface area contributed by atoms with Crippen LogP contribution >= 0.6 is 11.3 Å². The topological polar surface area (TPSA) is 41.5 Å². The van der Waals surface area contributed by atoms with Crippen LogP contribution in [0.2, 0.25) is 0 Å². The van der Waals surface area contributed by atoms with Crippen LogP contribution in [0.3, 0.4) is 0 Å². The zero-order chi connectivity index (χ0) is 13.3. The van der Waals surface area contributed by atoms with E-state index in [9.17, 15) is 4.79 Å². The first kappa shape index (κ1) is 13.5. The number of aliphatic imine (C=N–C) groups is 1. The largest absolute Gasteiger partial charge is 0.377 e. The SMILES string of the molecule is O=C(CCCNc1cccs1)N=Cc1ccccc1. The van der Waals surface area contributed by atoms with Crippen LogP contribution in [0.15, 0.2) is 52.8 Å². The summed E-state index contributed by atoms with van der Waals surface area (Å²) in [5.74, 6) is -0.0724. The van der Waals surface area contributed by atoms with Crippen molar-refractivity contribution in [2.75, 3.05) is 11.9 Å². The number of hydrogen-bond acceptors (Lipinski definition) is 3. The smallest absolute Gasteiger partial charge is 0.245 e. The molecule has 1 aromatic carbocycles. The highest BCUT2D eigenvalue weighted by molar-refractivity contribution is 7.14. The lowest BCUT2D eigenvalue weighted by atomic mass is 10.2. The van der Waals surface area contributed by atoms with Gasteiger partial charge in [-0.1, -0.05) is 30.3 Å². The highest BCUT2D eigenvalue weighted by atomic mass is 32.1. The Balaban J connectivity index is 1.66. The fraction of sp³-hybridized carbons (Fsp3) is 0.200. The van der Waals surface area contributed by atoms with Crippen molar-refractivity contribution in [3.63, 3.8) is 0 Å². The van der Waals surface area contributed by atoms with Crippen molar-refractivity contribution in [2.45, 2.75) is 12.8 Å². The van der Waals surface area contributed by atoms with E-state index in [0.29, 0.717) is 6.42 Å². The van der Waals surface area contributed by atoms with E-state index in [-0.39, 0.29) is 5.91 Å². The summed E-state index contributed by atoms with van der Waals surface area (Å²) in [6.07, 6.45) is 2.89. The van der Waals surface area contributed by atoms with Gasteiger partial charge < -0.3 is 5.32 Å². The number of rotatable bonds is 6. The van der Waals surface area contributed by atoms with E-state index in [1.807, 2.05) is 47.8 Å². The third-order valence-corrected chi connectivity index (χ3v) is 3.37. The van der Waals surface area contributed by atoms with E-state index in [1.165, 1.54) is 0 Å². The van der Waals surface area contributed by atoms with Gasteiger partial charge in [-0.15, -0.1) is 11.3 Å². The second-order valence-corrected chi connectivity index (χ2v) is 5.02. The van der Waals surface area contributed by atoms with Crippen LogP contribution in [0.25, 0.3) is 0 Å². The summed E-state index contributed by atoms with van der Waals surface area (Å²) in [7, 11) is 0. The van der Waals surface area contributed by atoms with Crippen molar-refractivity contribution in [2.24, 2.45) is 4.99 Å². The highest BCUT2D eigenvalue weighted by Gasteiger charge is 1.98. The maximum atomic E-state index is 11.6. The summed E-state index contributed by atoms with van der Waals surface area (Å²) < 4.78 is 0. The van der Waals surface area contributed by atoms with Gasteiger partial charge in [-0.2, -0.15) is 0 Å². The Bertz CT molecular complexity index is 520. The molecule has 1 amide bonds. The molecule has 3 nitrogen and oxygen atoms in total. The molecule has 2 rings (SSSR count). The van der Waals surface area contributed by atoms with E-state index in [0.717, 1.165) is 23.5 Å². The molecule has 1 aromatic heterocycles. The average Bonchev–Trinajstić information content (AvgIpc) is 2.96. The van der Waals surface area contributed by atoms with Gasteiger partial charge in [0.2, 0.25) is 5.91 Å². The molecular weight excluding hydrogens is 256 g/mol. The molecular formula is C15H16N2OS. The summed E-state index contributed by atoms with van der Waals surface area (Å²) in [6, 6.07) is 13.7. The zero-order valence-corrected chi connectivity index (χ0v) is 11.4. The Morgan fingerprint density at radius 1 is 1.21 bits per heavy atom. The lowest BCUT2D eigenvalue weighted by Gasteiger charge is -2.01. The molecule has 0 fully saturated rings. The van der Waals surface area contributed by atoms with E-state index < -0.39 is 0 Å². The van der Waals surface area contributed by atoms with Crippen LogP contribution in [0.4, 0.5) is 5.00 Å². The van der Waals surface area contributed by atoms with Crippen LogP contribution in [0.1, 0.15) is 18.4 Å². The lowest BCUT2D eigenvalue weighted by molar-refractivity contribution is -0.117. The summed E-state index contributed by atoms with van der Waals surface area (Å²) in [6.45, 7) is 0.799. The molecule has 0 aliphatic rings. The number of carbonyl (C=O) groups excluding carboxylic acids is 1. The number of benzene rings is 1. The molecule has 2 aromatic rings. The van der Waals surface area contributed by atoms with Crippen LogP contribution in [-0.2, 0) is 4.79 Å². The molecule has 1 heterocycles. The second kappa shape index (κ2) is 7.48. The molecule has 19 heavy (non-hydrogen) atoms. The number of carbonyl (C=O) groups is 1. The molecule has 0 saturated heterocycles. The van der Waals surface area contributed by atoms with Gasteiger partial charge in [0.15, 0.2) is 0 Å². The average molecular weight is 272 g/mol. The molecule has 0 radical (unpaired) electrons. The van der Waals surface area contributed by atoms with Crippen molar-refractivity contribution >= 4 is 28.5 Å². The van der Waals surface area contributed by atoms with E-state index in [2.05, 4.69) is 10.3 Å². The first-order valence-corrected chi connectivity index (χ1v) is 7.12. The Kier molecular flexibility index (Phi) is 5.31. The number of anilines is 1. The predicted molar refractivity (Wildman–Crippen MR) is 81.1 cm³/mol. The lowest BCUT2D eigenvalue weighted by Crippen LogP contribution is -2.03. The number of hydrogen-bond donors (Lipinski definition) is 1. The summed E-state index contributed by atoms with van der Waals surface area (Å²) in [5, 5.41) is 6.43. The van der Waals surface area contributed by atoms with E-state index >= 15 is 0 Å². The predicted octanol–water partition coefficient (Wildman–Crippen LogP) is 3.59. The van der Waals surface area contributed by atoms with Crippen LogP contribution in [0.5, 0.6) is 0 Å². The molecule has 0 aliphatic heterocycles. The third kappa shape index (κ3) is 5.06. The summed E-state index contributed by atoms with van der Waals surface area (Å²) >= 11 is 1.66. The fourth-order valence-corrected chi connectivity index (χ4v) is 2.23. The highest BCUT2D eigenvalue weighted by Crippen LogP contribution is 2.14. The van der Waals surface area contributed by atoms with Crippen LogP contribution < -0.4 is 5.32 Å². The van der Waals surface area contributed by atoms with E-state index in [4.69, 9.17) is 0 Å². The van der Waals surface area contributed by atoms with Gasteiger partial charge in [-0.25, -0.2) is 4.99 Å². The minimum Gasteiger partial charge on any atom is -0.377 e. The van der Waals surface area contributed by atoms with Gasteiger partial charge in [0.1, 0.15) is 0 Å². The van der Waals surface area contributed by atoms with Crippen molar-refractivity contribution in [1.82, 2.24) is 0 Å². The van der Waals surface area contributed by atoms with Crippen molar-refractivity contribution in [3.05, 3.63) is 53.4 Å². The Hall–Kier alpha value is -1.94. The number of nitrogens with zero attached hydrogens (tertiary/aromatic N) is 1. The molecule has 0 unspecified atom stereocenters. The number of thiophene rings is 1. The number of amides is 1. The summed E-state index contributed by atoms with van der Waals surface area (Å²) in [5.41, 5.74) is 0.951. The molecule has 0 saturated carbocycles. The van der Waals surface area contributed by atoms with Gasteiger partial charge in [0.25, 0.3) is 0 Å². The van der Waals surface area contributed by atoms with Gasteiger partial charge in [-0.3, -0.25) is 4.79 Å². The monoisotopic (exact) mass is 272 g/mol. The Labute approximate surface area is 117 Å². The van der Waals surface area contributed by atoms with Gasteiger partial charge in [0.05, 0.1) is 5.00 Å². The van der Waals surface area contributed by atoms with Gasteiger partial charge in [0, 0.05) is 19.2 Å². The molecule has 0 bridgehead atoms.